The van der Waals surface area contributed by atoms with Crippen molar-refractivity contribution in [3.05, 3.63) is 11.9 Å². The fourth-order valence-corrected chi connectivity index (χ4v) is 2.33. The molecule has 1 aromatic rings. The van der Waals surface area contributed by atoms with E-state index in [1.807, 2.05) is 6.92 Å². The van der Waals surface area contributed by atoms with Crippen molar-refractivity contribution < 1.29 is 5.11 Å². The average molecular weight is 195 g/mol. The summed E-state index contributed by atoms with van der Waals surface area (Å²) in [5.74, 6) is 0. The molecule has 4 nitrogen and oxygen atoms in total. The van der Waals surface area contributed by atoms with E-state index in [1.165, 1.54) is 0 Å². The standard InChI is InChI=1S/C10H17N3O/c1-9(5-4-6-10(9,2)14)8-7-11-13(3)12-8/h7,14H,4-6H2,1-3H3. The maximum atomic E-state index is 10.3. The minimum Gasteiger partial charge on any atom is -0.389 e. The molecule has 0 amide bonds. The SMILES string of the molecule is Cn1ncc(C2(C)CCCC2(C)O)n1. The lowest BCUT2D eigenvalue weighted by atomic mass is 9.75. The largest absolute Gasteiger partial charge is 0.389 e. The van der Waals surface area contributed by atoms with E-state index >= 15 is 0 Å². The minimum atomic E-state index is -0.650. The molecule has 1 saturated carbocycles. The van der Waals surface area contributed by atoms with E-state index in [1.54, 1.807) is 18.0 Å². The first-order chi connectivity index (χ1) is 6.46. The van der Waals surface area contributed by atoms with E-state index in [0.29, 0.717) is 0 Å². The molecule has 0 radical (unpaired) electrons. The van der Waals surface area contributed by atoms with E-state index in [2.05, 4.69) is 17.1 Å². The zero-order chi connectivity index (χ0) is 10.4. The van der Waals surface area contributed by atoms with E-state index in [-0.39, 0.29) is 5.41 Å². The third-order valence-corrected chi connectivity index (χ3v) is 3.69. The summed E-state index contributed by atoms with van der Waals surface area (Å²) in [5, 5.41) is 18.7. The molecule has 0 aromatic carbocycles. The molecule has 1 aliphatic rings. The summed E-state index contributed by atoms with van der Waals surface area (Å²) in [6.45, 7) is 3.97. The van der Waals surface area contributed by atoms with Gasteiger partial charge in [0.05, 0.1) is 17.5 Å². The molecule has 1 aromatic heterocycles. The van der Waals surface area contributed by atoms with Crippen LogP contribution < -0.4 is 0 Å². The second-order valence-corrected chi connectivity index (χ2v) is 4.68. The fourth-order valence-electron chi connectivity index (χ4n) is 2.33. The lowest BCUT2D eigenvalue weighted by Gasteiger charge is -2.34. The Balaban J connectivity index is 2.41. The van der Waals surface area contributed by atoms with Gasteiger partial charge >= 0.3 is 0 Å². The highest BCUT2D eigenvalue weighted by atomic mass is 16.3. The van der Waals surface area contributed by atoms with Gasteiger partial charge < -0.3 is 5.11 Å². The Labute approximate surface area is 83.9 Å². The highest BCUT2D eigenvalue weighted by Gasteiger charge is 2.50. The van der Waals surface area contributed by atoms with Crippen LogP contribution in [-0.4, -0.2) is 25.7 Å². The Morgan fingerprint density at radius 1 is 1.43 bits per heavy atom. The third-order valence-electron chi connectivity index (χ3n) is 3.69. The lowest BCUT2D eigenvalue weighted by molar-refractivity contribution is 0.00494. The van der Waals surface area contributed by atoms with Crippen molar-refractivity contribution >= 4 is 0 Å². The van der Waals surface area contributed by atoms with E-state index in [0.717, 1.165) is 25.0 Å². The molecule has 1 heterocycles. The summed E-state index contributed by atoms with van der Waals surface area (Å²) in [4.78, 5) is 1.55. The van der Waals surface area contributed by atoms with Crippen molar-refractivity contribution in [2.75, 3.05) is 0 Å². The van der Waals surface area contributed by atoms with Crippen molar-refractivity contribution in [2.24, 2.45) is 7.05 Å². The Morgan fingerprint density at radius 3 is 2.57 bits per heavy atom. The number of rotatable bonds is 1. The maximum Gasteiger partial charge on any atom is 0.0914 e. The molecule has 78 valence electrons. The van der Waals surface area contributed by atoms with Gasteiger partial charge in [-0.05, 0) is 26.2 Å². The van der Waals surface area contributed by atoms with Crippen LogP contribution in [0.1, 0.15) is 38.8 Å². The van der Waals surface area contributed by atoms with Gasteiger partial charge in [0.2, 0.25) is 0 Å². The molecule has 4 heteroatoms. The Hall–Kier alpha value is -0.900. The molecule has 1 N–H and O–H groups in total. The summed E-state index contributed by atoms with van der Waals surface area (Å²) >= 11 is 0. The first kappa shape index (κ1) is 9.65. The smallest absolute Gasteiger partial charge is 0.0914 e. The first-order valence-electron chi connectivity index (χ1n) is 5.05. The van der Waals surface area contributed by atoms with Crippen molar-refractivity contribution in [3.63, 3.8) is 0 Å². The van der Waals surface area contributed by atoms with Gasteiger partial charge in [0.1, 0.15) is 0 Å². The molecule has 1 fully saturated rings. The van der Waals surface area contributed by atoms with E-state index < -0.39 is 5.60 Å². The second-order valence-electron chi connectivity index (χ2n) is 4.68. The van der Waals surface area contributed by atoms with Crippen LogP contribution in [0.3, 0.4) is 0 Å². The molecule has 2 atom stereocenters. The summed E-state index contributed by atoms with van der Waals surface area (Å²) in [6, 6.07) is 0. The van der Waals surface area contributed by atoms with Crippen molar-refractivity contribution in [2.45, 2.75) is 44.1 Å². The predicted octanol–water partition coefficient (Wildman–Crippen LogP) is 1.01. The van der Waals surface area contributed by atoms with Crippen LogP contribution in [0.5, 0.6) is 0 Å². The average Bonchev–Trinajstić information content (AvgIpc) is 2.60. The zero-order valence-electron chi connectivity index (χ0n) is 8.99. The maximum absolute atomic E-state index is 10.3. The first-order valence-corrected chi connectivity index (χ1v) is 5.05. The van der Waals surface area contributed by atoms with Crippen LogP contribution >= 0.6 is 0 Å². The molecule has 0 bridgehead atoms. The van der Waals surface area contributed by atoms with Gasteiger partial charge in [-0.3, -0.25) is 0 Å². The highest BCUT2D eigenvalue weighted by molar-refractivity contribution is 5.20. The Bertz CT molecular complexity index is 345. The van der Waals surface area contributed by atoms with E-state index in [4.69, 9.17) is 0 Å². The monoisotopic (exact) mass is 195 g/mol. The van der Waals surface area contributed by atoms with Crippen molar-refractivity contribution in [1.29, 1.82) is 0 Å². The highest BCUT2D eigenvalue weighted by Crippen LogP contribution is 2.47. The number of hydrogen-bond donors (Lipinski definition) is 1. The molecular weight excluding hydrogens is 178 g/mol. The van der Waals surface area contributed by atoms with Gasteiger partial charge in [-0.1, -0.05) is 6.92 Å². The fraction of sp³-hybridized carbons (Fsp3) is 0.800. The summed E-state index contributed by atoms with van der Waals surface area (Å²) in [6.07, 6.45) is 4.65. The molecular formula is C10H17N3O. The van der Waals surface area contributed by atoms with Gasteiger partial charge in [-0.2, -0.15) is 15.0 Å². The summed E-state index contributed by atoms with van der Waals surface area (Å²) in [7, 11) is 1.80. The number of nitrogens with zero attached hydrogens (tertiary/aromatic N) is 3. The van der Waals surface area contributed by atoms with Crippen LogP contribution in [0, 0.1) is 0 Å². The van der Waals surface area contributed by atoms with Gasteiger partial charge in [0, 0.05) is 12.5 Å². The quantitative estimate of drug-likeness (QED) is 0.727. The summed E-state index contributed by atoms with van der Waals surface area (Å²) < 4.78 is 0. The van der Waals surface area contributed by atoms with Gasteiger partial charge in [0.15, 0.2) is 0 Å². The molecule has 14 heavy (non-hydrogen) atoms. The van der Waals surface area contributed by atoms with Crippen LogP contribution in [0.25, 0.3) is 0 Å². The predicted molar refractivity (Wildman–Crippen MR) is 52.8 cm³/mol. The van der Waals surface area contributed by atoms with E-state index in [9.17, 15) is 5.11 Å². The van der Waals surface area contributed by atoms with Crippen LogP contribution in [0.15, 0.2) is 6.20 Å². The van der Waals surface area contributed by atoms with Gasteiger partial charge in [0.25, 0.3) is 0 Å². The van der Waals surface area contributed by atoms with Crippen LogP contribution in [0.2, 0.25) is 0 Å². The molecule has 0 aliphatic heterocycles. The molecule has 0 spiro atoms. The lowest BCUT2D eigenvalue weighted by Crippen LogP contribution is -2.42. The van der Waals surface area contributed by atoms with Crippen molar-refractivity contribution in [1.82, 2.24) is 15.0 Å². The van der Waals surface area contributed by atoms with Gasteiger partial charge in [-0.15, -0.1) is 0 Å². The van der Waals surface area contributed by atoms with Crippen LogP contribution in [0.4, 0.5) is 0 Å². The molecule has 0 saturated heterocycles. The molecule has 2 unspecified atom stereocenters. The normalized spacial score (nSPS) is 37.7. The number of hydrogen-bond acceptors (Lipinski definition) is 3. The third kappa shape index (κ3) is 1.17. The van der Waals surface area contributed by atoms with Crippen molar-refractivity contribution in [3.8, 4) is 0 Å². The number of aryl methyl sites for hydroxylation is 1. The zero-order valence-corrected chi connectivity index (χ0v) is 8.99. The minimum absolute atomic E-state index is 0.235. The number of aliphatic hydroxyl groups is 1. The Kier molecular flexibility index (Phi) is 1.93. The number of aromatic nitrogens is 3. The molecule has 2 rings (SSSR count). The van der Waals surface area contributed by atoms with Gasteiger partial charge in [-0.25, -0.2) is 0 Å². The topological polar surface area (TPSA) is 50.9 Å². The Morgan fingerprint density at radius 2 is 2.14 bits per heavy atom. The second kappa shape index (κ2) is 2.79. The molecule has 1 aliphatic carbocycles. The summed E-state index contributed by atoms with van der Waals surface area (Å²) in [5.41, 5.74) is 0.0205. The van der Waals surface area contributed by atoms with Crippen LogP contribution in [-0.2, 0) is 12.5 Å².